The molecule has 0 bridgehead atoms. The standard InChI is InChI=1S/C17H12N2/c1-5-15(16(6-2)13-18)10-7-14-8-11-17(12-9-14)19(3)4/h1-2,8-9,11-12H,3-4H3/b16-15+. The van der Waals surface area contributed by atoms with E-state index in [1.807, 2.05) is 49.3 Å². The monoisotopic (exact) mass is 244 g/mol. The van der Waals surface area contributed by atoms with Crippen molar-refractivity contribution in [3.8, 4) is 42.6 Å². The third kappa shape index (κ3) is 3.71. The Morgan fingerprint density at radius 1 is 1.05 bits per heavy atom. The third-order valence-electron chi connectivity index (χ3n) is 2.37. The highest BCUT2D eigenvalue weighted by atomic mass is 15.1. The number of nitriles is 1. The number of hydrogen-bond acceptors (Lipinski definition) is 2. The predicted molar refractivity (Wildman–Crippen MR) is 78.0 cm³/mol. The SMILES string of the molecule is C#C/C(C#N)=C(/C#C)C#Cc1ccc(N(C)C)cc1. The van der Waals surface area contributed by atoms with E-state index in [2.05, 4.69) is 23.7 Å². The van der Waals surface area contributed by atoms with Gasteiger partial charge in [-0.05, 0) is 24.3 Å². The first kappa shape index (κ1) is 14.0. The van der Waals surface area contributed by atoms with Gasteiger partial charge in [0.05, 0.1) is 0 Å². The minimum atomic E-state index is 0.0833. The Kier molecular flexibility index (Phi) is 4.87. The Labute approximate surface area is 114 Å². The highest BCUT2D eigenvalue weighted by molar-refractivity contribution is 5.59. The summed E-state index contributed by atoms with van der Waals surface area (Å²) in [4.78, 5) is 2.00. The molecule has 1 aromatic rings. The van der Waals surface area contributed by atoms with Crippen LogP contribution in [0.1, 0.15) is 5.56 Å². The molecule has 0 aliphatic rings. The zero-order valence-electron chi connectivity index (χ0n) is 10.9. The van der Waals surface area contributed by atoms with Gasteiger partial charge in [-0.1, -0.05) is 23.7 Å². The van der Waals surface area contributed by atoms with Crippen molar-refractivity contribution in [1.82, 2.24) is 0 Å². The fourth-order valence-corrected chi connectivity index (χ4v) is 1.31. The van der Waals surface area contributed by atoms with Gasteiger partial charge in [0.2, 0.25) is 0 Å². The van der Waals surface area contributed by atoms with Gasteiger partial charge in [-0.25, -0.2) is 0 Å². The smallest absolute Gasteiger partial charge is 0.126 e. The molecule has 0 saturated carbocycles. The lowest BCUT2D eigenvalue weighted by Gasteiger charge is -2.11. The summed E-state index contributed by atoms with van der Waals surface area (Å²) in [5.74, 6) is 10.2. The van der Waals surface area contributed by atoms with Gasteiger partial charge in [0.15, 0.2) is 0 Å². The molecule has 2 heteroatoms. The van der Waals surface area contributed by atoms with Crippen LogP contribution in [0.25, 0.3) is 0 Å². The number of anilines is 1. The molecule has 0 radical (unpaired) electrons. The second-order valence-electron chi connectivity index (χ2n) is 3.84. The number of nitrogens with zero attached hydrogens (tertiary/aromatic N) is 2. The van der Waals surface area contributed by atoms with E-state index in [1.165, 1.54) is 0 Å². The van der Waals surface area contributed by atoms with Gasteiger partial charge in [0, 0.05) is 25.3 Å². The second-order valence-corrected chi connectivity index (χ2v) is 3.84. The molecular formula is C17H12N2. The molecule has 0 spiro atoms. The maximum atomic E-state index is 8.80. The van der Waals surface area contributed by atoms with E-state index in [1.54, 1.807) is 0 Å². The van der Waals surface area contributed by atoms with Crippen LogP contribution in [0.5, 0.6) is 0 Å². The fourth-order valence-electron chi connectivity index (χ4n) is 1.31. The highest BCUT2D eigenvalue weighted by Gasteiger charge is 1.97. The number of rotatable bonds is 1. The quantitative estimate of drug-likeness (QED) is 0.559. The highest BCUT2D eigenvalue weighted by Crippen LogP contribution is 2.11. The normalized spacial score (nSPS) is 9.84. The third-order valence-corrected chi connectivity index (χ3v) is 2.37. The maximum absolute atomic E-state index is 8.80. The van der Waals surface area contributed by atoms with Crippen molar-refractivity contribution >= 4 is 5.69 Å². The molecule has 0 aromatic heterocycles. The molecule has 1 aromatic carbocycles. The second kappa shape index (κ2) is 6.61. The lowest BCUT2D eigenvalue weighted by atomic mass is 10.1. The van der Waals surface area contributed by atoms with E-state index < -0.39 is 0 Å². The van der Waals surface area contributed by atoms with Crippen molar-refractivity contribution in [3.05, 3.63) is 41.0 Å². The number of benzene rings is 1. The van der Waals surface area contributed by atoms with Crippen molar-refractivity contribution in [3.63, 3.8) is 0 Å². The molecule has 19 heavy (non-hydrogen) atoms. The molecule has 90 valence electrons. The van der Waals surface area contributed by atoms with Crippen LogP contribution in [0.3, 0.4) is 0 Å². The number of terminal acetylenes is 2. The lowest BCUT2D eigenvalue weighted by molar-refractivity contribution is 1.13. The molecule has 1 rings (SSSR count). The molecule has 2 nitrogen and oxygen atoms in total. The lowest BCUT2D eigenvalue weighted by Crippen LogP contribution is -2.07. The summed E-state index contributed by atoms with van der Waals surface area (Å²) in [5, 5.41) is 8.80. The summed E-state index contributed by atoms with van der Waals surface area (Å²) >= 11 is 0. The van der Waals surface area contributed by atoms with Crippen LogP contribution in [0.4, 0.5) is 5.69 Å². The predicted octanol–water partition coefficient (Wildman–Crippen LogP) is 2.19. The topological polar surface area (TPSA) is 27.0 Å². The van der Waals surface area contributed by atoms with Crippen LogP contribution in [-0.4, -0.2) is 14.1 Å². The van der Waals surface area contributed by atoms with Crippen LogP contribution in [0.2, 0.25) is 0 Å². The summed E-state index contributed by atoms with van der Waals surface area (Å²) in [6.45, 7) is 0. The molecule has 0 amide bonds. The largest absolute Gasteiger partial charge is 0.378 e. The maximum Gasteiger partial charge on any atom is 0.126 e. The molecule has 0 heterocycles. The van der Waals surface area contributed by atoms with Gasteiger partial charge in [-0.3, -0.25) is 0 Å². The summed E-state index contributed by atoms with van der Waals surface area (Å²) in [6, 6.07) is 9.54. The first-order valence-corrected chi connectivity index (χ1v) is 5.49. The Balaban J connectivity index is 3.09. The average molecular weight is 244 g/mol. The molecule has 0 atom stereocenters. The fraction of sp³-hybridized carbons (Fsp3) is 0.118. The van der Waals surface area contributed by atoms with E-state index in [-0.39, 0.29) is 11.1 Å². The molecule has 0 N–H and O–H groups in total. The van der Waals surface area contributed by atoms with Crippen molar-refractivity contribution in [2.24, 2.45) is 0 Å². The molecule has 0 aliphatic heterocycles. The number of allylic oxidation sites excluding steroid dienone is 2. The van der Waals surface area contributed by atoms with E-state index >= 15 is 0 Å². The molecule has 0 aliphatic carbocycles. The summed E-state index contributed by atoms with van der Waals surface area (Å²) in [5.41, 5.74) is 2.22. The first-order chi connectivity index (χ1) is 9.12. The Bertz CT molecular complexity index is 656. The average Bonchev–Trinajstić information content (AvgIpc) is 2.43. The van der Waals surface area contributed by atoms with E-state index in [4.69, 9.17) is 18.1 Å². The molecule has 0 saturated heterocycles. The van der Waals surface area contributed by atoms with Crippen LogP contribution in [0.15, 0.2) is 35.4 Å². The van der Waals surface area contributed by atoms with Crippen molar-refractivity contribution in [2.75, 3.05) is 19.0 Å². The molecular weight excluding hydrogens is 232 g/mol. The minimum absolute atomic E-state index is 0.0833. The van der Waals surface area contributed by atoms with Crippen LogP contribution >= 0.6 is 0 Å². The minimum Gasteiger partial charge on any atom is -0.378 e. The zero-order valence-corrected chi connectivity index (χ0v) is 10.9. The first-order valence-electron chi connectivity index (χ1n) is 5.49. The Hall–Kier alpha value is -3.07. The van der Waals surface area contributed by atoms with Gasteiger partial charge in [0.25, 0.3) is 0 Å². The van der Waals surface area contributed by atoms with Crippen LogP contribution in [-0.2, 0) is 0 Å². The van der Waals surface area contributed by atoms with Crippen LogP contribution < -0.4 is 4.90 Å². The van der Waals surface area contributed by atoms with Gasteiger partial charge in [-0.2, -0.15) is 5.26 Å². The molecule has 0 fully saturated rings. The summed E-state index contributed by atoms with van der Waals surface area (Å²) in [6.07, 6.45) is 10.5. The van der Waals surface area contributed by atoms with E-state index in [9.17, 15) is 0 Å². The summed E-state index contributed by atoms with van der Waals surface area (Å²) < 4.78 is 0. The van der Waals surface area contributed by atoms with Crippen molar-refractivity contribution in [1.29, 1.82) is 5.26 Å². The van der Waals surface area contributed by atoms with Crippen LogP contribution in [0, 0.1) is 47.9 Å². The van der Waals surface area contributed by atoms with Gasteiger partial charge < -0.3 is 4.90 Å². The number of hydrogen-bond donors (Lipinski definition) is 0. The van der Waals surface area contributed by atoms with Gasteiger partial charge in [-0.15, -0.1) is 12.8 Å². The molecule has 0 unspecified atom stereocenters. The van der Waals surface area contributed by atoms with Gasteiger partial charge in [0.1, 0.15) is 17.2 Å². The van der Waals surface area contributed by atoms with Crippen molar-refractivity contribution in [2.45, 2.75) is 0 Å². The Morgan fingerprint density at radius 3 is 2.05 bits per heavy atom. The van der Waals surface area contributed by atoms with Gasteiger partial charge >= 0.3 is 0 Å². The van der Waals surface area contributed by atoms with E-state index in [0.717, 1.165) is 11.3 Å². The Morgan fingerprint density at radius 2 is 1.63 bits per heavy atom. The van der Waals surface area contributed by atoms with Crippen molar-refractivity contribution < 1.29 is 0 Å². The summed E-state index contributed by atoms with van der Waals surface area (Å²) in [7, 11) is 3.93. The van der Waals surface area contributed by atoms with E-state index in [0.29, 0.717) is 0 Å². The zero-order chi connectivity index (χ0) is 14.3.